The van der Waals surface area contributed by atoms with Crippen LogP contribution >= 0.6 is 11.6 Å². The molecule has 0 fully saturated rings. The molecule has 2 rings (SSSR count). The number of nitrogens with one attached hydrogen (secondary N) is 1. The summed E-state index contributed by atoms with van der Waals surface area (Å²) in [6.07, 6.45) is 0. The molecule has 0 unspecified atom stereocenters. The number of halogens is 2. The van der Waals surface area contributed by atoms with E-state index in [0.29, 0.717) is 23.1 Å². The Morgan fingerprint density at radius 3 is 2.48 bits per heavy atom. The van der Waals surface area contributed by atoms with Gasteiger partial charge in [0.1, 0.15) is 17.3 Å². The maximum atomic E-state index is 13.3. The van der Waals surface area contributed by atoms with Crippen LogP contribution in [0, 0.1) is 12.7 Å². The standard InChI is InChI=1S/C16H17ClFNO2/c1-10-4-5-12(18)6-11(10)9-19-14-8-15(20-2)13(17)7-16(14)21-3/h4-8,19H,9H2,1-3H3. The second-order valence-electron chi connectivity index (χ2n) is 4.61. The fraction of sp³-hybridized carbons (Fsp3) is 0.250. The molecule has 0 atom stereocenters. The average Bonchev–Trinajstić information content (AvgIpc) is 2.48. The molecule has 0 saturated heterocycles. The van der Waals surface area contributed by atoms with Gasteiger partial charge in [-0.1, -0.05) is 17.7 Å². The zero-order chi connectivity index (χ0) is 15.4. The lowest BCUT2D eigenvalue weighted by Gasteiger charge is -2.15. The van der Waals surface area contributed by atoms with Crippen LogP contribution in [0.15, 0.2) is 30.3 Å². The lowest BCUT2D eigenvalue weighted by molar-refractivity contribution is 0.404. The van der Waals surface area contributed by atoms with Crippen molar-refractivity contribution in [3.05, 3.63) is 52.3 Å². The Bertz CT molecular complexity index is 646. The average molecular weight is 310 g/mol. The summed E-state index contributed by atoms with van der Waals surface area (Å²) >= 11 is 6.06. The zero-order valence-corrected chi connectivity index (χ0v) is 12.9. The molecular formula is C16H17ClFNO2. The highest BCUT2D eigenvalue weighted by atomic mass is 35.5. The maximum absolute atomic E-state index is 13.3. The number of anilines is 1. The summed E-state index contributed by atoms with van der Waals surface area (Å²) in [5.41, 5.74) is 2.64. The molecule has 1 N–H and O–H groups in total. The van der Waals surface area contributed by atoms with Gasteiger partial charge in [-0.05, 0) is 30.2 Å². The van der Waals surface area contributed by atoms with Gasteiger partial charge >= 0.3 is 0 Å². The molecule has 0 aliphatic rings. The maximum Gasteiger partial charge on any atom is 0.143 e. The topological polar surface area (TPSA) is 30.5 Å². The summed E-state index contributed by atoms with van der Waals surface area (Å²) in [5, 5.41) is 3.69. The van der Waals surface area contributed by atoms with Crippen molar-refractivity contribution in [1.82, 2.24) is 0 Å². The summed E-state index contributed by atoms with van der Waals surface area (Å²) in [6.45, 7) is 2.42. The van der Waals surface area contributed by atoms with E-state index in [4.69, 9.17) is 21.1 Å². The fourth-order valence-electron chi connectivity index (χ4n) is 2.02. The first-order valence-electron chi connectivity index (χ1n) is 6.45. The van der Waals surface area contributed by atoms with Crippen molar-refractivity contribution >= 4 is 17.3 Å². The highest BCUT2D eigenvalue weighted by Gasteiger charge is 2.10. The molecule has 2 aromatic carbocycles. The van der Waals surface area contributed by atoms with Crippen LogP contribution in [0.1, 0.15) is 11.1 Å². The van der Waals surface area contributed by atoms with E-state index in [2.05, 4.69) is 5.32 Å². The zero-order valence-electron chi connectivity index (χ0n) is 12.2. The summed E-state index contributed by atoms with van der Waals surface area (Å²) < 4.78 is 23.8. The Labute approximate surface area is 128 Å². The van der Waals surface area contributed by atoms with Gasteiger partial charge in [0.05, 0.1) is 24.9 Å². The van der Waals surface area contributed by atoms with Crippen molar-refractivity contribution in [2.45, 2.75) is 13.5 Å². The van der Waals surface area contributed by atoms with Gasteiger partial charge < -0.3 is 14.8 Å². The van der Waals surface area contributed by atoms with Crippen molar-refractivity contribution in [2.75, 3.05) is 19.5 Å². The van der Waals surface area contributed by atoms with E-state index in [9.17, 15) is 4.39 Å². The van der Waals surface area contributed by atoms with Crippen molar-refractivity contribution in [2.24, 2.45) is 0 Å². The first-order valence-corrected chi connectivity index (χ1v) is 6.83. The third-order valence-electron chi connectivity index (χ3n) is 3.25. The summed E-state index contributed by atoms with van der Waals surface area (Å²) in [7, 11) is 3.12. The normalized spacial score (nSPS) is 10.3. The third-order valence-corrected chi connectivity index (χ3v) is 3.55. The Hall–Kier alpha value is -1.94. The molecule has 3 nitrogen and oxygen atoms in total. The predicted molar refractivity (Wildman–Crippen MR) is 83.0 cm³/mol. The molecule has 0 aliphatic heterocycles. The molecule has 0 saturated carbocycles. The van der Waals surface area contributed by atoms with Crippen LogP contribution in [-0.4, -0.2) is 14.2 Å². The molecule has 21 heavy (non-hydrogen) atoms. The van der Waals surface area contributed by atoms with Crippen molar-refractivity contribution in [1.29, 1.82) is 0 Å². The van der Waals surface area contributed by atoms with Gasteiger partial charge in [-0.15, -0.1) is 0 Å². The second kappa shape index (κ2) is 6.68. The Morgan fingerprint density at radius 2 is 1.81 bits per heavy atom. The number of hydrogen-bond donors (Lipinski definition) is 1. The Morgan fingerprint density at radius 1 is 1.10 bits per heavy atom. The van der Waals surface area contributed by atoms with Gasteiger partial charge in [0.15, 0.2) is 0 Å². The number of ether oxygens (including phenoxy) is 2. The van der Waals surface area contributed by atoms with E-state index in [1.165, 1.54) is 12.1 Å². The van der Waals surface area contributed by atoms with Gasteiger partial charge in [-0.25, -0.2) is 4.39 Å². The highest BCUT2D eigenvalue weighted by molar-refractivity contribution is 6.32. The molecule has 0 aliphatic carbocycles. The number of rotatable bonds is 5. The van der Waals surface area contributed by atoms with E-state index in [0.717, 1.165) is 16.8 Å². The van der Waals surface area contributed by atoms with E-state index in [1.807, 2.05) is 6.92 Å². The van der Waals surface area contributed by atoms with E-state index < -0.39 is 0 Å². The van der Waals surface area contributed by atoms with Crippen LogP contribution in [0.3, 0.4) is 0 Å². The van der Waals surface area contributed by atoms with Crippen LogP contribution in [0.25, 0.3) is 0 Å². The molecule has 0 heterocycles. The molecule has 2 aromatic rings. The van der Waals surface area contributed by atoms with Crippen LogP contribution in [0.5, 0.6) is 11.5 Å². The highest BCUT2D eigenvalue weighted by Crippen LogP contribution is 2.36. The molecular weight excluding hydrogens is 293 g/mol. The largest absolute Gasteiger partial charge is 0.495 e. The van der Waals surface area contributed by atoms with Crippen LogP contribution in [0.2, 0.25) is 5.02 Å². The minimum Gasteiger partial charge on any atom is -0.495 e. The van der Waals surface area contributed by atoms with Crippen molar-refractivity contribution in [3.63, 3.8) is 0 Å². The minimum absolute atomic E-state index is 0.252. The van der Waals surface area contributed by atoms with Crippen molar-refractivity contribution < 1.29 is 13.9 Å². The lowest BCUT2D eigenvalue weighted by atomic mass is 10.1. The van der Waals surface area contributed by atoms with Gasteiger partial charge in [0, 0.05) is 18.7 Å². The number of benzene rings is 2. The molecule has 0 bridgehead atoms. The first kappa shape index (κ1) is 15.4. The van der Waals surface area contributed by atoms with Crippen LogP contribution < -0.4 is 14.8 Å². The molecule has 0 amide bonds. The van der Waals surface area contributed by atoms with E-state index in [1.54, 1.807) is 32.4 Å². The molecule has 0 spiro atoms. The molecule has 5 heteroatoms. The summed E-state index contributed by atoms with van der Waals surface area (Å²) in [5.74, 6) is 0.906. The minimum atomic E-state index is -0.252. The quantitative estimate of drug-likeness (QED) is 0.887. The van der Waals surface area contributed by atoms with Gasteiger partial charge in [0.2, 0.25) is 0 Å². The second-order valence-corrected chi connectivity index (χ2v) is 5.02. The Balaban J connectivity index is 2.24. The SMILES string of the molecule is COc1cc(NCc2cc(F)ccc2C)c(OC)cc1Cl. The van der Waals surface area contributed by atoms with E-state index in [-0.39, 0.29) is 5.82 Å². The van der Waals surface area contributed by atoms with Crippen LogP contribution in [-0.2, 0) is 6.54 Å². The summed E-state index contributed by atoms with van der Waals surface area (Å²) in [4.78, 5) is 0. The Kier molecular flexibility index (Phi) is 4.91. The smallest absolute Gasteiger partial charge is 0.143 e. The number of hydrogen-bond acceptors (Lipinski definition) is 3. The molecule has 0 radical (unpaired) electrons. The van der Waals surface area contributed by atoms with Gasteiger partial charge in [-0.2, -0.15) is 0 Å². The van der Waals surface area contributed by atoms with Crippen LogP contribution in [0.4, 0.5) is 10.1 Å². The van der Waals surface area contributed by atoms with Gasteiger partial charge in [-0.3, -0.25) is 0 Å². The fourth-order valence-corrected chi connectivity index (χ4v) is 2.25. The van der Waals surface area contributed by atoms with E-state index >= 15 is 0 Å². The lowest BCUT2D eigenvalue weighted by Crippen LogP contribution is -2.04. The summed E-state index contributed by atoms with van der Waals surface area (Å²) in [6, 6.07) is 8.16. The van der Waals surface area contributed by atoms with Gasteiger partial charge in [0.25, 0.3) is 0 Å². The molecule has 0 aromatic heterocycles. The predicted octanol–water partition coefficient (Wildman–Crippen LogP) is 4.42. The number of methoxy groups -OCH3 is 2. The molecule has 112 valence electrons. The van der Waals surface area contributed by atoms with Crippen molar-refractivity contribution in [3.8, 4) is 11.5 Å². The monoisotopic (exact) mass is 309 g/mol. The first-order chi connectivity index (χ1) is 10.0. The number of aryl methyl sites for hydroxylation is 1. The third kappa shape index (κ3) is 3.58.